The Morgan fingerprint density at radius 1 is 1.25 bits per heavy atom. The number of benzene rings is 1. The van der Waals surface area contributed by atoms with E-state index in [1.807, 2.05) is 0 Å². The second-order valence-corrected chi connectivity index (χ2v) is 5.93. The van der Waals surface area contributed by atoms with Gasteiger partial charge in [0.05, 0.1) is 6.42 Å². The highest BCUT2D eigenvalue weighted by atomic mass is 79.9. The second-order valence-electron chi connectivity index (χ2n) is 5.29. The Labute approximate surface area is 126 Å². The molecule has 20 heavy (non-hydrogen) atoms. The van der Waals surface area contributed by atoms with Gasteiger partial charge in [-0.25, -0.2) is 8.78 Å². The Balaban J connectivity index is 1.87. The van der Waals surface area contributed by atoms with E-state index >= 15 is 0 Å². The molecule has 0 aliphatic heterocycles. The fraction of sp³-hybridized carbons (Fsp3) is 0.533. The molecule has 1 aromatic carbocycles. The second kappa shape index (κ2) is 7.16. The summed E-state index contributed by atoms with van der Waals surface area (Å²) in [5.74, 6) is -0.614. The van der Waals surface area contributed by atoms with E-state index in [1.165, 1.54) is 31.0 Å². The fourth-order valence-corrected chi connectivity index (χ4v) is 3.61. The zero-order chi connectivity index (χ0) is 14.5. The monoisotopic (exact) mass is 345 g/mol. The summed E-state index contributed by atoms with van der Waals surface area (Å²) in [6, 6.07) is 3.64. The lowest BCUT2D eigenvalue weighted by Crippen LogP contribution is -2.32. The van der Waals surface area contributed by atoms with E-state index in [2.05, 4.69) is 21.2 Å². The number of halogens is 3. The van der Waals surface area contributed by atoms with Crippen LogP contribution in [0, 0.1) is 23.5 Å². The molecule has 110 valence electrons. The predicted octanol–water partition coefficient (Wildman–Crippen LogP) is 3.43. The molecule has 0 heterocycles. The van der Waals surface area contributed by atoms with Crippen molar-refractivity contribution in [2.24, 2.45) is 11.8 Å². The van der Waals surface area contributed by atoms with Crippen LogP contribution in [-0.4, -0.2) is 17.8 Å². The maximum absolute atomic E-state index is 13.4. The van der Waals surface area contributed by atoms with Crippen LogP contribution in [0.3, 0.4) is 0 Å². The number of hydrogen-bond acceptors (Lipinski definition) is 1. The summed E-state index contributed by atoms with van der Waals surface area (Å²) in [5.41, 5.74) is -0.159. The first-order valence-corrected chi connectivity index (χ1v) is 7.99. The lowest BCUT2D eigenvalue weighted by Gasteiger charge is -2.17. The minimum atomic E-state index is -0.667. The lowest BCUT2D eigenvalue weighted by molar-refractivity contribution is -0.120. The maximum Gasteiger partial charge on any atom is 0.224 e. The van der Waals surface area contributed by atoms with E-state index in [1.54, 1.807) is 0 Å². The Morgan fingerprint density at radius 2 is 1.90 bits per heavy atom. The van der Waals surface area contributed by atoms with Gasteiger partial charge in [-0.1, -0.05) is 28.4 Å². The highest BCUT2D eigenvalue weighted by Crippen LogP contribution is 2.32. The number of alkyl halides is 1. The molecule has 2 nitrogen and oxygen atoms in total. The third kappa shape index (κ3) is 3.78. The van der Waals surface area contributed by atoms with E-state index in [9.17, 15) is 13.6 Å². The van der Waals surface area contributed by atoms with Crippen LogP contribution in [0.1, 0.15) is 24.8 Å². The minimum Gasteiger partial charge on any atom is -0.356 e. The molecule has 0 saturated heterocycles. The molecular formula is C15H18BrF2NO. The third-order valence-corrected chi connectivity index (χ3v) is 4.81. The van der Waals surface area contributed by atoms with Crippen molar-refractivity contribution in [2.75, 3.05) is 11.9 Å². The topological polar surface area (TPSA) is 29.1 Å². The number of amides is 1. The van der Waals surface area contributed by atoms with Crippen LogP contribution in [-0.2, 0) is 11.2 Å². The van der Waals surface area contributed by atoms with Gasteiger partial charge in [-0.3, -0.25) is 4.79 Å². The lowest BCUT2D eigenvalue weighted by atomic mass is 9.98. The molecule has 1 N–H and O–H groups in total. The molecule has 1 fully saturated rings. The van der Waals surface area contributed by atoms with Gasteiger partial charge in [0.2, 0.25) is 5.91 Å². The average molecular weight is 346 g/mol. The van der Waals surface area contributed by atoms with Crippen LogP contribution >= 0.6 is 15.9 Å². The van der Waals surface area contributed by atoms with Gasteiger partial charge in [-0.15, -0.1) is 0 Å². The van der Waals surface area contributed by atoms with Crippen molar-refractivity contribution in [3.63, 3.8) is 0 Å². The van der Waals surface area contributed by atoms with Gasteiger partial charge in [0.15, 0.2) is 0 Å². The summed E-state index contributed by atoms with van der Waals surface area (Å²) in [5, 5.41) is 3.74. The van der Waals surface area contributed by atoms with Crippen LogP contribution in [0.5, 0.6) is 0 Å². The van der Waals surface area contributed by atoms with Crippen molar-refractivity contribution >= 4 is 21.8 Å². The van der Waals surface area contributed by atoms with E-state index in [4.69, 9.17) is 0 Å². The highest BCUT2D eigenvalue weighted by Gasteiger charge is 2.26. The van der Waals surface area contributed by atoms with Crippen LogP contribution in [0.4, 0.5) is 8.78 Å². The molecule has 0 aromatic heterocycles. The molecule has 2 atom stereocenters. The zero-order valence-corrected chi connectivity index (χ0v) is 12.8. The maximum atomic E-state index is 13.4. The molecular weight excluding hydrogens is 328 g/mol. The third-order valence-electron chi connectivity index (χ3n) is 3.98. The number of hydrogen-bond donors (Lipinski definition) is 1. The smallest absolute Gasteiger partial charge is 0.224 e. The van der Waals surface area contributed by atoms with Crippen molar-refractivity contribution in [3.05, 3.63) is 35.4 Å². The van der Waals surface area contributed by atoms with Gasteiger partial charge in [-0.2, -0.15) is 0 Å². The molecule has 0 spiro atoms. The molecule has 1 aromatic rings. The predicted molar refractivity (Wildman–Crippen MR) is 77.7 cm³/mol. The molecule has 2 unspecified atom stereocenters. The summed E-state index contributed by atoms with van der Waals surface area (Å²) < 4.78 is 26.9. The molecule has 1 saturated carbocycles. The number of carbonyl (C=O) groups excluding carboxylic acids is 1. The first-order valence-electron chi connectivity index (χ1n) is 6.87. The van der Waals surface area contributed by atoms with Crippen molar-refractivity contribution in [1.29, 1.82) is 0 Å². The van der Waals surface area contributed by atoms with Crippen molar-refractivity contribution in [3.8, 4) is 0 Å². The standard InChI is InChI=1S/C15H18BrF2NO/c16-8-10-3-1-4-11(10)9-19-15(20)7-12-13(17)5-2-6-14(12)18/h2,5-6,10-11H,1,3-4,7-9H2,(H,19,20). The molecule has 2 rings (SSSR count). The summed E-state index contributed by atoms with van der Waals surface area (Å²) in [4.78, 5) is 11.8. The van der Waals surface area contributed by atoms with Crippen LogP contribution in [0.15, 0.2) is 18.2 Å². The van der Waals surface area contributed by atoms with Crippen molar-refractivity contribution < 1.29 is 13.6 Å². The summed E-state index contributed by atoms with van der Waals surface area (Å²) in [6.45, 7) is 0.588. The molecule has 1 aliphatic rings. The van der Waals surface area contributed by atoms with Crippen LogP contribution < -0.4 is 5.32 Å². The van der Waals surface area contributed by atoms with E-state index in [-0.39, 0.29) is 17.9 Å². The number of nitrogens with one attached hydrogen (secondary N) is 1. The highest BCUT2D eigenvalue weighted by molar-refractivity contribution is 9.09. The van der Waals surface area contributed by atoms with Gasteiger partial charge < -0.3 is 5.32 Å². The molecule has 0 bridgehead atoms. The van der Waals surface area contributed by atoms with Gasteiger partial charge in [0, 0.05) is 17.4 Å². The summed E-state index contributed by atoms with van der Waals surface area (Å²) in [7, 11) is 0. The van der Waals surface area contributed by atoms with Crippen LogP contribution in [0.2, 0.25) is 0 Å². The van der Waals surface area contributed by atoms with Gasteiger partial charge >= 0.3 is 0 Å². The number of rotatable bonds is 5. The summed E-state index contributed by atoms with van der Waals surface area (Å²) in [6.07, 6.45) is 3.21. The largest absolute Gasteiger partial charge is 0.356 e. The Hall–Kier alpha value is -0.970. The van der Waals surface area contributed by atoms with Gasteiger partial charge in [-0.05, 0) is 36.8 Å². The Morgan fingerprint density at radius 3 is 2.55 bits per heavy atom. The molecule has 5 heteroatoms. The van der Waals surface area contributed by atoms with E-state index < -0.39 is 11.6 Å². The molecule has 1 amide bonds. The Kier molecular flexibility index (Phi) is 5.52. The fourth-order valence-electron chi connectivity index (χ4n) is 2.75. The van der Waals surface area contributed by atoms with E-state index in [0.29, 0.717) is 18.4 Å². The average Bonchev–Trinajstić information content (AvgIpc) is 2.88. The van der Waals surface area contributed by atoms with Crippen LogP contribution in [0.25, 0.3) is 0 Å². The number of carbonyl (C=O) groups is 1. The molecule has 1 aliphatic carbocycles. The zero-order valence-electron chi connectivity index (χ0n) is 11.2. The summed E-state index contributed by atoms with van der Waals surface area (Å²) >= 11 is 3.48. The first kappa shape index (κ1) is 15.4. The normalized spacial score (nSPS) is 21.9. The minimum absolute atomic E-state index is 0.159. The van der Waals surface area contributed by atoms with Crippen molar-refractivity contribution in [1.82, 2.24) is 5.32 Å². The molecule has 0 radical (unpaired) electrons. The quantitative estimate of drug-likeness (QED) is 0.814. The van der Waals surface area contributed by atoms with E-state index in [0.717, 1.165) is 11.8 Å². The first-order chi connectivity index (χ1) is 9.61. The van der Waals surface area contributed by atoms with Gasteiger partial charge in [0.25, 0.3) is 0 Å². The SMILES string of the molecule is O=C(Cc1c(F)cccc1F)NCC1CCCC1CBr. The van der Waals surface area contributed by atoms with Gasteiger partial charge in [0.1, 0.15) is 11.6 Å². The Bertz CT molecular complexity index is 461. The van der Waals surface area contributed by atoms with Crippen molar-refractivity contribution in [2.45, 2.75) is 25.7 Å².